The van der Waals surface area contributed by atoms with E-state index in [-0.39, 0.29) is 18.2 Å². The van der Waals surface area contributed by atoms with Crippen LogP contribution < -0.4 is 0 Å². The fraction of sp³-hybridized carbons (Fsp3) is 0.375. The second kappa shape index (κ2) is 8.19. The first kappa shape index (κ1) is 20.0. The molecular weight excluding hydrogens is 389 g/mol. The number of hydrogen-bond donors (Lipinski definition) is 1. The molecule has 0 spiro atoms. The van der Waals surface area contributed by atoms with E-state index in [9.17, 15) is 14.3 Å². The topological polar surface area (TPSA) is 42.2 Å². The largest absolute Gasteiger partial charge is 0.481 e. The standard InChI is InChI=1S/C24H25ClFNO2/c1-2-18-20(26)11-12-21-23(18)19-6-4-3-5-16(13-22(28)29)24(19)27(21)14-15-7-9-17(25)10-8-15/h7-12,16H,2-6,13-14H2,1H3,(H,28,29). The third-order valence-corrected chi connectivity index (χ3v) is 6.32. The molecule has 1 aliphatic rings. The highest BCUT2D eigenvalue weighted by atomic mass is 35.5. The molecule has 1 atom stereocenters. The van der Waals surface area contributed by atoms with Gasteiger partial charge in [0.15, 0.2) is 0 Å². The molecule has 0 amide bonds. The predicted octanol–water partition coefficient (Wildman–Crippen LogP) is 6.33. The third-order valence-electron chi connectivity index (χ3n) is 6.07. The maximum atomic E-state index is 14.7. The van der Waals surface area contributed by atoms with Crippen molar-refractivity contribution in [3.05, 3.63) is 69.6 Å². The second-order valence-electron chi connectivity index (χ2n) is 7.89. The van der Waals surface area contributed by atoms with Crippen LogP contribution in [0.2, 0.25) is 5.02 Å². The highest BCUT2D eigenvalue weighted by molar-refractivity contribution is 6.30. The van der Waals surface area contributed by atoms with Crippen LogP contribution in [-0.4, -0.2) is 15.6 Å². The van der Waals surface area contributed by atoms with Gasteiger partial charge in [0.05, 0.1) is 6.42 Å². The maximum absolute atomic E-state index is 14.7. The summed E-state index contributed by atoms with van der Waals surface area (Å²) < 4.78 is 16.9. The van der Waals surface area contributed by atoms with Crippen LogP contribution >= 0.6 is 11.6 Å². The minimum absolute atomic E-state index is 0.0579. The Morgan fingerprint density at radius 3 is 2.66 bits per heavy atom. The van der Waals surface area contributed by atoms with Gasteiger partial charge in [-0.15, -0.1) is 0 Å². The van der Waals surface area contributed by atoms with Crippen LogP contribution in [0.1, 0.15) is 60.9 Å². The molecule has 4 rings (SSSR count). The van der Waals surface area contributed by atoms with E-state index < -0.39 is 5.97 Å². The maximum Gasteiger partial charge on any atom is 0.304 e. The van der Waals surface area contributed by atoms with Crippen molar-refractivity contribution in [1.82, 2.24) is 4.57 Å². The summed E-state index contributed by atoms with van der Waals surface area (Å²) in [6.07, 6.45) is 4.43. The van der Waals surface area contributed by atoms with Crippen molar-refractivity contribution < 1.29 is 14.3 Å². The number of hydrogen-bond acceptors (Lipinski definition) is 1. The molecule has 0 aliphatic heterocycles. The van der Waals surface area contributed by atoms with Crippen molar-refractivity contribution in [3.63, 3.8) is 0 Å². The van der Waals surface area contributed by atoms with Crippen molar-refractivity contribution in [2.45, 2.75) is 57.9 Å². The summed E-state index contributed by atoms with van der Waals surface area (Å²) in [6.45, 7) is 2.60. The minimum Gasteiger partial charge on any atom is -0.481 e. The molecule has 0 fully saturated rings. The fourth-order valence-electron chi connectivity index (χ4n) is 4.84. The zero-order valence-electron chi connectivity index (χ0n) is 16.5. The fourth-order valence-corrected chi connectivity index (χ4v) is 4.97. The number of nitrogens with zero attached hydrogens (tertiary/aromatic N) is 1. The van der Waals surface area contributed by atoms with Crippen molar-refractivity contribution in [2.75, 3.05) is 0 Å². The first-order chi connectivity index (χ1) is 14.0. The second-order valence-corrected chi connectivity index (χ2v) is 8.33. The van der Waals surface area contributed by atoms with Gasteiger partial charge in [-0.2, -0.15) is 0 Å². The van der Waals surface area contributed by atoms with Crippen LogP contribution in [0.25, 0.3) is 10.9 Å². The lowest BCUT2D eigenvalue weighted by Crippen LogP contribution is -2.13. The van der Waals surface area contributed by atoms with E-state index in [1.165, 1.54) is 0 Å². The number of carboxylic acid groups (broad SMARTS) is 1. The third kappa shape index (κ3) is 3.78. The average Bonchev–Trinajstić information content (AvgIpc) is 2.84. The SMILES string of the molecule is CCc1c(F)ccc2c1c1c(n2Cc2ccc(Cl)cc2)C(CC(=O)O)CCCC1. The molecule has 5 heteroatoms. The lowest BCUT2D eigenvalue weighted by atomic mass is 9.93. The molecule has 1 N–H and O–H groups in total. The number of carbonyl (C=O) groups is 1. The van der Waals surface area contributed by atoms with E-state index in [4.69, 9.17) is 11.6 Å². The lowest BCUT2D eigenvalue weighted by molar-refractivity contribution is -0.137. The Balaban J connectivity index is 1.97. The summed E-state index contributed by atoms with van der Waals surface area (Å²) in [5, 5.41) is 11.2. The molecule has 1 heterocycles. The van der Waals surface area contributed by atoms with Gasteiger partial charge >= 0.3 is 5.97 Å². The Labute approximate surface area is 175 Å². The molecule has 3 nitrogen and oxygen atoms in total. The molecule has 1 aliphatic carbocycles. The van der Waals surface area contributed by atoms with Gasteiger partial charge in [0, 0.05) is 34.1 Å². The molecule has 1 aromatic heterocycles. The molecule has 0 saturated carbocycles. The van der Waals surface area contributed by atoms with E-state index in [0.29, 0.717) is 18.0 Å². The van der Waals surface area contributed by atoms with Crippen LogP contribution in [0.4, 0.5) is 4.39 Å². The van der Waals surface area contributed by atoms with Gasteiger partial charge in [0.1, 0.15) is 5.82 Å². The number of aromatic nitrogens is 1. The van der Waals surface area contributed by atoms with E-state index >= 15 is 0 Å². The number of aryl methyl sites for hydroxylation is 2. The predicted molar refractivity (Wildman–Crippen MR) is 114 cm³/mol. The molecule has 29 heavy (non-hydrogen) atoms. The zero-order valence-corrected chi connectivity index (χ0v) is 17.3. The summed E-state index contributed by atoms with van der Waals surface area (Å²) in [5.74, 6) is -1.02. The van der Waals surface area contributed by atoms with Crippen LogP contribution in [0.3, 0.4) is 0 Å². The van der Waals surface area contributed by atoms with E-state index in [2.05, 4.69) is 4.57 Å². The van der Waals surface area contributed by atoms with Gasteiger partial charge in [-0.25, -0.2) is 4.39 Å². The van der Waals surface area contributed by atoms with E-state index in [1.54, 1.807) is 6.07 Å². The normalized spacial score (nSPS) is 16.6. The average molecular weight is 414 g/mol. The van der Waals surface area contributed by atoms with Crippen LogP contribution in [0.5, 0.6) is 0 Å². The summed E-state index contributed by atoms with van der Waals surface area (Å²) in [6, 6.07) is 11.1. The molecule has 152 valence electrons. The number of carboxylic acids is 1. The van der Waals surface area contributed by atoms with Crippen molar-refractivity contribution in [1.29, 1.82) is 0 Å². The summed E-state index contributed by atoms with van der Waals surface area (Å²) in [7, 11) is 0. The van der Waals surface area contributed by atoms with Gasteiger partial charge in [-0.3, -0.25) is 4.79 Å². The number of benzene rings is 2. The number of aliphatic carboxylic acids is 1. The Morgan fingerprint density at radius 1 is 1.21 bits per heavy atom. The number of rotatable bonds is 5. The van der Waals surface area contributed by atoms with E-state index in [0.717, 1.165) is 59.0 Å². The Morgan fingerprint density at radius 2 is 1.97 bits per heavy atom. The Kier molecular flexibility index (Phi) is 5.64. The zero-order chi connectivity index (χ0) is 20.5. The molecule has 2 aromatic carbocycles. The highest BCUT2D eigenvalue weighted by Crippen LogP contribution is 2.41. The Bertz CT molecular complexity index is 1060. The quantitative estimate of drug-likeness (QED) is 0.496. The number of halogens is 2. The van der Waals surface area contributed by atoms with Gasteiger partial charge in [0.25, 0.3) is 0 Å². The molecular formula is C24H25ClFNO2. The summed E-state index contributed by atoms with van der Waals surface area (Å²) >= 11 is 6.05. The Hall–Kier alpha value is -2.33. The smallest absolute Gasteiger partial charge is 0.304 e. The number of fused-ring (bicyclic) bond motifs is 3. The molecule has 0 bridgehead atoms. The minimum atomic E-state index is -0.784. The van der Waals surface area contributed by atoms with Crippen LogP contribution in [0, 0.1) is 5.82 Å². The van der Waals surface area contributed by atoms with E-state index in [1.807, 2.05) is 37.3 Å². The molecule has 0 saturated heterocycles. The monoisotopic (exact) mass is 413 g/mol. The van der Waals surface area contributed by atoms with Crippen molar-refractivity contribution in [3.8, 4) is 0 Å². The molecule has 0 radical (unpaired) electrons. The summed E-state index contributed by atoms with van der Waals surface area (Å²) in [5.41, 5.74) is 5.06. The van der Waals surface area contributed by atoms with Gasteiger partial charge in [-0.1, -0.05) is 37.1 Å². The van der Waals surface area contributed by atoms with Crippen molar-refractivity contribution >= 4 is 28.5 Å². The molecule has 3 aromatic rings. The first-order valence-electron chi connectivity index (χ1n) is 10.3. The van der Waals surface area contributed by atoms with Gasteiger partial charge in [-0.05, 0) is 66.6 Å². The van der Waals surface area contributed by atoms with Crippen LogP contribution in [0.15, 0.2) is 36.4 Å². The van der Waals surface area contributed by atoms with Gasteiger partial charge in [0.2, 0.25) is 0 Å². The molecule has 1 unspecified atom stereocenters. The first-order valence-corrected chi connectivity index (χ1v) is 10.7. The van der Waals surface area contributed by atoms with Gasteiger partial charge < -0.3 is 9.67 Å². The highest BCUT2D eigenvalue weighted by Gasteiger charge is 2.29. The lowest BCUT2D eigenvalue weighted by Gasteiger charge is -2.19. The summed E-state index contributed by atoms with van der Waals surface area (Å²) in [4.78, 5) is 11.6. The van der Waals surface area contributed by atoms with Crippen LogP contribution in [-0.2, 0) is 24.2 Å². The van der Waals surface area contributed by atoms with Crippen molar-refractivity contribution in [2.24, 2.45) is 0 Å².